The van der Waals surface area contributed by atoms with E-state index in [4.69, 9.17) is 10.5 Å². The summed E-state index contributed by atoms with van der Waals surface area (Å²) in [6.07, 6.45) is 2.04. The molecule has 0 radical (unpaired) electrons. The van der Waals surface area contributed by atoms with Gasteiger partial charge in [-0.15, -0.1) is 0 Å². The Bertz CT molecular complexity index is 842. The molecule has 27 heavy (non-hydrogen) atoms. The van der Waals surface area contributed by atoms with Crippen molar-refractivity contribution in [2.24, 2.45) is 5.92 Å². The zero-order valence-corrected chi connectivity index (χ0v) is 15.0. The van der Waals surface area contributed by atoms with Crippen molar-refractivity contribution in [1.29, 1.82) is 0 Å². The maximum absolute atomic E-state index is 12.7. The second kappa shape index (κ2) is 7.02. The summed E-state index contributed by atoms with van der Waals surface area (Å²) >= 11 is 0. The Morgan fingerprint density at radius 1 is 1.26 bits per heavy atom. The summed E-state index contributed by atoms with van der Waals surface area (Å²) in [5.74, 6) is 0.160. The number of aliphatic hydroxyl groups excluding tert-OH is 2. The van der Waals surface area contributed by atoms with E-state index >= 15 is 0 Å². The monoisotopic (exact) mass is 376 g/mol. The Labute approximate surface area is 155 Å². The molecule has 3 unspecified atom stereocenters. The van der Waals surface area contributed by atoms with Crippen LogP contribution in [0.1, 0.15) is 38.8 Å². The number of fused-ring (bicyclic) bond motifs is 1. The van der Waals surface area contributed by atoms with Crippen molar-refractivity contribution < 1.29 is 19.7 Å². The van der Waals surface area contributed by atoms with Gasteiger partial charge in [0.2, 0.25) is 0 Å². The number of carbonyl (C=O) groups is 1. The highest BCUT2D eigenvalue weighted by Crippen LogP contribution is 2.32. The Kier molecular flexibility index (Phi) is 4.70. The Hall–Kier alpha value is -2.30. The molecule has 1 aliphatic heterocycles. The average Bonchev–Trinajstić information content (AvgIpc) is 3.20. The summed E-state index contributed by atoms with van der Waals surface area (Å²) < 4.78 is 7.18. The van der Waals surface area contributed by atoms with Gasteiger partial charge in [0.15, 0.2) is 23.8 Å². The van der Waals surface area contributed by atoms with Crippen LogP contribution in [0.4, 0.5) is 5.82 Å². The van der Waals surface area contributed by atoms with Gasteiger partial charge in [-0.05, 0) is 18.8 Å². The number of amides is 1. The van der Waals surface area contributed by atoms with Crippen LogP contribution in [-0.4, -0.2) is 60.0 Å². The molecule has 10 heteroatoms. The number of anilines is 1. The minimum absolute atomic E-state index is 0.0554. The third-order valence-corrected chi connectivity index (χ3v) is 5.60. The number of aliphatic hydroxyl groups is 2. The molecule has 2 aliphatic rings. The molecular weight excluding hydrogens is 352 g/mol. The summed E-state index contributed by atoms with van der Waals surface area (Å²) in [5, 5.41) is 23.8. The maximum Gasteiger partial charge on any atom is 0.252 e. The van der Waals surface area contributed by atoms with Crippen LogP contribution in [0.3, 0.4) is 0 Å². The van der Waals surface area contributed by atoms with Crippen LogP contribution in [0.25, 0.3) is 11.2 Å². The third-order valence-electron chi connectivity index (χ3n) is 5.60. The van der Waals surface area contributed by atoms with Gasteiger partial charge < -0.3 is 26.0 Å². The number of nitrogens with two attached hydrogens (primary N) is 1. The van der Waals surface area contributed by atoms with E-state index in [1.54, 1.807) is 0 Å². The van der Waals surface area contributed by atoms with Crippen molar-refractivity contribution in [1.82, 2.24) is 24.8 Å². The van der Waals surface area contributed by atoms with Gasteiger partial charge in [-0.1, -0.05) is 19.8 Å². The van der Waals surface area contributed by atoms with Crippen molar-refractivity contribution in [3.8, 4) is 0 Å². The fourth-order valence-corrected chi connectivity index (χ4v) is 3.96. The highest BCUT2D eigenvalue weighted by atomic mass is 16.6. The van der Waals surface area contributed by atoms with E-state index in [0.717, 1.165) is 25.7 Å². The normalized spacial score (nSPS) is 34.0. The zero-order chi connectivity index (χ0) is 19.1. The van der Waals surface area contributed by atoms with Crippen molar-refractivity contribution in [2.75, 3.05) is 5.73 Å². The summed E-state index contributed by atoms with van der Waals surface area (Å²) in [7, 11) is 0. The van der Waals surface area contributed by atoms with Crippen molar-refractivity contribution in [3.63, 3.8) is 0 Å². The standard InChI is InChI=1S/C17H24N6O4/c1-8-4-2-3-5-9(8)22-16(26)13-11(24)12(25)17(27-13)23-7-21-10-14(18)19-6-20-15(10)23/h6-9,11-13,17,24-25H,2-5H2,1H3,(H,22,26)(H2,18,19,20)/t8?,9?,11-,12+,13-,17?/m0/s1. The summed E-state index contributed by atoms with van der Waals surface area (Å²) in [6, 6.07) is 0.0554. The van der Waals surface area contributed by atoms with Gasteiger partial charge in [0.1, 0.15) is 24.1 Å². The minimum Gasteiger partial charge on any atom is -0.387 e. The lowest BCUT2D eigenvalue weighted by Gasteiger charge is -2.30. The fraction of sp³-hybridized carbons (Fsp3) is 0.647. The summed E-state index contributed by atoms with van der Waals surface area (Å²) in [6.45, 7) is 2.11. The van der Waals surface area contributed by atoms with E-state index < -0.39 is 30.4 Å². The first-order chi connectivity index (χ1) is 13.0. The molecule has 0 spiro atoms. The topological polar surface area (TPSA) is 148 Å². The number of carbonyl (C=O) groups excluding carboxylic acids is 1. The van der Waals surface area contributed by atoms with Crippen LogP contribution >= 0.6 is 0 Å². The molecule has 1 aliphatic carbocycles. The van der Waals surface area contributed by atoms with E-state index in [1.165, 1.54) is 17.2 Å². The van der Waals surface area contributed by atoms with Gasteiger partial charge in [-0.2, -0.15) is 0 Å². The number of hydrogen-bond donors (Lipinski definition) is 4. The van der Waals surface area contributed by atoms with Gasteiger partial charge in [0.25, 0.3) is 5.91 Å². The maximum atomic E-state index is 12.7. The van der Waals surface area contributed by atoms with Crippen LogP contribution in [0.2, 0.25) is 0 Å². The molecule has 1 saturated carbocycles. The van der Waals surface area contributed by atoms with Crippen LogP contribution in [0.15, 0.2) is 12.7 Å². The molecule has 3 heterocycles. The van der Waals surface area contributed by atoms with Crippen LogP contribution in [-0.2, 0) is 9.53 Å². The molecule has 146 valence electrons. The van der Waals surface area contributed by atoms with Crippen LogP contribution in [0.5, 0.6) is 0 Å². The van der Waals surface area contributed by atoms with Gasteiger partial charge in [-0.25, -0.2) is 15.0 Å². The highest BCUT2D eigenvalue weighted by Gasteiger charge is 2.48. The quantitative estimate of drug-likeness (QED) is 0.572. The first-order valence-corrected chi connectivity index (χ1v) is 9.22. The lowest BCUT2D eigenvalue weighted by Crippen LogP contribution is -2.49. The first kappa shape index (κ1) is 18.1. The van der Waals surface area contributed by atoms with Gasteiger partial charge in [0.05, 0.1) is 6.33 Å². The van der Waals surface area contributed by atoms with Crippen molar-refractivity contribution in [2.45, 2.75) is 63.2 Å². The number of rotatable bonds is 3. The number of hydrogen-bond acceptors (Lipinski definition) is 8. The zero-order valence-electron chi connectivity index (χ0n) is 15.0. The molecule has 4 rings (SSSR count). The first-order valence-electron chi connectivity index (χ1n) is 9.22. The summed E-state index contributed by atoms with van der Waals surface area (Å²) in [5.41, 5.74) is 6.51. The predicted octanol–water partition coefficient (Wildman–Crippen LogP) is -0.277. The van der Waals surface area contributed by atoms with Crippen LogP contribution in [0, 0.1) is 5.92 Å². The number of nitrogens with zero attached hydrogens (tertiary/aromatic N) is 4. The Morgan fingerprint density at radius 3 is 2.81 bits per heavy atom. The largest absolute Gasteiger partial charge is 0.387 e. The fourth-order valence-electron chi connectivity index (χ4n) is 3.96. The van der Waals surface area contributed by atoms with Gasteiger partial charge >= 0.3 is 0 Å². The lowest BCUT2D eigenvalue weighted by atomic mass is 9.86. The van der Waals surface area contributed by atoms with Crippen molar-refractivity contribution >= 4 is 22.9 Å². The highest BCUT2D eigenvalue weighted by molar-refractivity contribution is 5.83. The van der Waals surface area contributed by atoms with E-state index in [0.29, 0.717) is 17.1 Å². The molecular formula is C17H24N6O4. The SMILES string of the molecule is CC1CCCCC1NC(=O)[C@H]1OC(n2cnc3c(N)ncnc32)[C@H](O)[C@@H]1O. The predicted molar refractivity (Wildman–Crippen MR) is 95.2 cm³/mol. The smallest absolute Gasteiger partial charge is 0.252 e. The summed E-state index contributed by atoms with van der Waals surface area (Å²) in [4.78, 5) is 24.8. The number of nitrogen functional groups attached to an aromatic ring is 1. The Balaban J connectivity index is 1.53. The van der Waals surface area contributed by atoms with E-state index in [2.05, 4.69) is 27.2 Å². The van der Waals surface area contributed by atoms with Crippen molar-refractivity contribution in [3.05, 3.63) is 12.7 Å². The molecule has 5 N–H and O–H groups in total. The molecule has 2 fully saturated rings. The second-order valence-corrected chi connectivity index (χ2v) is 7.39. The number of ether oxygens (including phenoxy) is 1. The number of aromatic nitrogens is 4. The number of imidazole rings is 1. The molecule has 2 aromatic rings. The lowest BCUT2D eigenvalue weighted by molar-refractivity contribution is -0.139. The molecule has 10 nitrogen and oxygen atoms in total. The Morgan fingerprint density at radius 2 is 2.04 bits per heavy atom. The molecule has 1 saturated heterocycles. The number of nitrogens with one attached hydrogen (secondary N) is 1. The average molecular weight is 376 g/mol. The molecule has 6 atom stereocenters. The molecule has 0 bridgehead atoms. The van der Waals surface area contributed by atoms with E-state index in [1.807, 2.05) is 0 Å². The van der Waals surface area contributed by atoms with Crippen LogP contribution < -0.4 is 11.1 Å². The van der Waals surface area contributed by atoms with E-state index in [9.17, 15) is 15.0 Å². The molecule has 2 aromatic heterocycles. The van der Waals surface area contributed by atoms with Gasteiger partial charge in [-0.3, -0.25) is 9.36 Å². The van der Waals surface area contributed by atoms with E-state index in [-0.39, 0.29) is 11.9 Å². The minimum atomic E-state index is -1.36. The van der Waals surface area contributed by atoms with Gasteiger partial charge in [0, 0.05) is 6.04 Å². The third kappa shape index (κ3) is 3.13. The molecule has 1 amide bonds. The molecule has 0 aromatic carbocycles. The second-order valence-electron chi connectivity index (χ2n) is 7.39.